The van der Waals surface area contributed by atoms with Crippen LogP contribution in [0.2, 0.25) is 0 Å². The minimum Gasteiger partial charge on any atom is -0.380 e. The monoisotopic (exact) mass is 424 g/mol. The fourth-order valence-electron chi connectivity index (χ4n) is 3.52. The van der Waals surface area contributed by atoms with Gasteiger partial charge in [-0.05, 0) is 30.7 Å². The molecule has 28 heavy (non-hydrogen) atoms. The van der Waals surface area contributed by atoms with E-state index in [4.69, 9.17) is 0 Å². The van der Waals surface area contributed by atoms with E-state index >= 15 is 0 Å². The van der Waals surface area contributed by atoms with Gasteiger partial charge < -0.3 is 14.9 Å². The molecule has 1 N–H and O–H groups in total. The SMILES string of the molecule is O=C(N1CCC(O)(C(F)(F)F)CC1)N1CCC(S(=O)(=O)c2ccc(F)cc2)C1. The maximum Gasteiger partial charge on any atom is 0.417 e. The molecule has 11 heteroatoms. The molecule has 0 aliphatic carbocycles. The van der Waals surface area contributed by atoms with Crippen molar-refractivity contribution in [1.82, 2.24) is 9.80 Å². The zero-order valence-corrected chi connectivity index (χ0v) is 15.6. The van der Waals surface area contributed by atoms with Gasteiger partial charge in [0.2, 0.25) is 0 Å². The predicted octanol–water partition coefficient (Wildman–Crippen LogP) is 2.18. The number of piperidine rings is 1. The number of sulfone groups is 1. The number of hydrogen-bond acceptors (Lipinski definition) is 4. The molecule has 0 aromatic heterocycles. The minimum absolute atomic E-state index is 0.0404. The molecular weight excluding hydrogens is 404 g/mol. The summed E-state index contributed by atoms with van der Waals surface area (Å²) in [6.07, 6.45) is -5.81. The van der Waals surface area contributed by atoms with Crippen molar-refractivity contribution < 1.29 is 35.9 Å². The Labute approximate surface area is 159 Å². The van der Waals surface area contributed by atoms with Crippen LogP contribution in [0.15, 0.2) is 29.2 Å². The number of rotatable bonds is 2. The van der Waals surface area contributed by atoms with E-state index in [2.05, 4.69) is 0 Å². The van der Waals surface area contributed by atoms with Gasteiger partial charge in [0.05, 0.1) is 10.1 Å². The Morgan fingerprint density at radius 1 is 1.07 bits per heavy atom. The molecule has 1 aromatic carbocycles. The molecule has 2 fully saturated rings. The van der Waals surface area contributed by atoms with Crippen LogP contribution in [0.1, 0.15) is 19.3 Å². The smallest absolute Gasteiger partial charge is 0.380 e. The maximum atomic E-state index is 13.0. The van der Waals surface area contributed by atoms with E-state index in [1.54, 1.807) is 0 Å². The first-order valence-corrected chi connectivity index (χ1v) is 10.3. The van der Waals surface area contributed by atoms with Crippen molar-refractivity contribution in [2.75, 3.05) is 26.2 Å². The fourth-order valence-corrected chi connectivity index (χ4v) is 5.22. The number of hydrogen-bond donors (Lipinski definition) is 1. The number of alkyl halides is 3. The van der Waals surface area contributed by atoms with Crippen LogP contribution in [0, 0.1) is 5.82 Å². The number of aliphatic hydroxyl groups is 1. The number of benzene rings is 1. The zero-order valence-electron chi connectivity index (χ0n) is 14.8. The molecule has 2 aliphatic heterocycles. The molecule has 2 heterocycles. The van der Waals surface area contributed by atoms with Crippen molar-refractivity contribution in [2.45, 2.75) is 41.2 Å². The Morgan fingerprint density at radius 2 is 1.64 bits per heavy atom. The Bertz CT molecular complexity index is 834. The van der Waals surface area contributed by atoms with Crippen molar-refractivity contribution in [3.63, 3.8) is 0 Å². The highest BCUT2D eigenvalue weighted by Gasteiger charge is 2.55. The number of carbonyl (C=O) groups is 1. The average Bonchev–Trinajstić information content (AvgIpc) is 3.12. The fraction of sp³-hybridized carbons (Fsp3) is 0.588. The van der Waals surface area contributed by atoms with Crippen LogP contribution in [0.3, 0.4) is 0 Å². The van der Waals surface area contributed by atoms with Gasteiger partial charge in [-0.2, -0.15) is 13.2 Å². The van der Waals surface area contributed by atoms with Gasteiger partial charge >= 0.3 is 12.2 Å². The first kappa shape index (κ1) is 20.8. The highest BCUT2D eigenvalue weighted by Crippen LogP contribution is 2.38. The summed E-state index contributed by atoms with van der Waals surface area (Å²) in [5.41, 5.74) is -2.80. The topological polar surface area (TPSA) is 77.9 Å². The molecule has 156 valence electrons. The second kappa shape index (κ2) is 7.18. The molecule has 3 rings (SSSR count). The van der Waals surface area contributed by atoms with Crippen LogP contribution in [-0.2, 0) is 9.84 Å². The van der Waals surface area contributed by atoms with Crippen LogP contribution in [0.4, 0.5) is 22.4 Å². The van der Waals surface area contributed by atoms with Crippen molar-refractivity contribution in [3.8, 4) is 0 Å². The number of amides is 2. The van der Waals surface area contributed by atoms with E-state index in [0.717, 1.165) is 24.3 Å². The third kappa shape index (κ3) is 3.82. The molecule has 1 atom stereocenters. The van der Waals surface area contributed by atoms with Crippen molar-refractivity contribution in [3.05, 3.63) is 30.1 Å². The zero-order chi connectivity index (χ0) is 20.7. The number of urea groups is 1. The molecule has 2 amide bonds. The van der Waals surface area contributed by atoms with Crippen molar-refractivity contribution in [1.29, 1.82) is 0 Å². The minimum atomic E-state index is -4.76. The number of nitrogens with zero attached hydrogens (tertiary/aromatic N) is 2. The summed E-state index contributed by atoms with van der Waals surface area (Å²) in [5, 5.41) is 8.82. The summed E-state index contributed by atoms with van der Waals surface area (Å²) in [5.74, 6) is -0.564. The summed E-state index contributed by atoms with van der Waals surface area (Å²) in [6, 6.07) is 3.87. The Hall–Kier alpha value is -1.88. The van der Waals surface area contributed by atoms with E-state index in [1.165, 1.54) is 9.80 Å². The second-order valence-corrected chi connectivity index (χ2v) is 9.38. The summed E-state index contributed by atoms with van der Waals surface area (Å²) < 4.78 is 76.9. The van der Waals surface area contributed by atoms with E-state index < -0.39 is 51.6 Å². The van der Waals surface area contributed by atoms with E-state index in [9.17, 15) is 35.9 Å². The highest BCUT2D eigenvalue weighted by molar-refractivity contribution is 7.92. The van der Waals surface area contributed by atoms with Gasteiger partial charge in [0.15, 0.2) is 15.4 Å². The molecule has 0 saturated carbocycles. The van der Waals surface area contributed by atoms with E-state index in [0.29, 0.717) is 0 Å². The molecule has 1 unspecified atom stereocenters. The third-order valence-electron chi connectivity index (χ3n) is 5.39. The summed E-state index contributed by atoms with van der Waals surface area (Å²) in [4.78, 5) is 15.0. The lowest BCUT2D eigenvalue weighted by molar-refractivity contribution is -0.271. The first-order chi connectivity index (χ1) is 12.9. The van der Waals surface area contributed by atoms with Crippen molar-refractivity contribution >= 4 is 15.9 Å². The first-order valence-electron chi connectivity index (χ1n) is 8.76. The van der Waals surface area contributed by atoms with Gasteiger partial charge in [0, 0.05) is 39.0 Å². The maximum absolute atomic E-state index is 13.0. The summed E-state index contributed by atoms with van der Waals surface area (Å²) in [7, 11) is -3.76. The van der Waals surface area contributed by atoms with Crippen LogP contribution >= 0.6 is 0 Å². The number of likely N-dealkylation sites (tertiary alicyclic amines) is 2. The lowest BCUT2D eigenvalue weighted by atomic mass is 9.91. The van der Waals surface area contributed by atoms with Gasteiger partial charge in [-0.25, -0.2) is 17.6 Å². The molecular formula is C17H20F4N2O4S. The van der Waals surface area contributed by atoms with Crippen LogP contribution in [-0.4, -0.2) is 72.6 Å². The summed E-state index contributed by atoms with van der Waals surface area (Å²) >= 11 is 0. The van der Waals surface area contributed by atoms with Gasteiger partial charge in [0.25, 0.3) is 0 Å². The van der Waals surface area contributed by atoms with Crippen LogP contribution in [0.25, 0.3) is 0 Å². The Kier molecular flexibility index (Phi) is 5.34. The highest BCUT2D eigenvalue weighted by atomic mass is 32.2. The lowest BCUT2D eigenvalue weighted by Gasteiger charge is -2.40. The molecule has 0 radical (unpaired) electrons. The lowest BCUT2D eigenvalue weighted by Crippen LogP contribution is -2.56. The molecule has 1 aromatic rings. The normalized spacial score (nSPS) is 23.1. The molecule has 0 bridgehead atoms. The molecule has 6 nitrogen and oxygen atoms in total. The Balaban J connectivity index is 1.63. The predicted molar refractivity (Wildman–Crippen MR) is 90.8 cm³/mol. The van der Waals surface area contributed by atoms with Crippen LogP contribution in [0.5, 0.6) is 0 Å². The number of halogens is 4. The van der Waals surface area contributed by atoms with Crippen molar-refractivity contribution in [2.24, 2.45) is 0 Å². The summed E-state index contributed by atoms with van der Waals surface area (Å²) in [6.45, 7) is -0.454. The third-order valence-corrected chi connectivity index (χ3v) is 7.58. The number of carbonyl (C=O) groups excluding carboxylic acids is 1. The Morgan fingerprint density at radius 3 is 2.18 bits per heavy atom. The van der Waals surface area contributed by atoms with Gasteiger partial charge in [-0.15, -0.1) is 0 Å². The van der Waals surface area contributed by atoms with Gasteiger partial charge in [-0.1, -0.05) is 0 Å². The quantitative estimate of drug-likeness (QED) is 0.583. The molecule has 2 aliphatic rings. The van der Waals surface area contributed by atoms with Gasteiger partial charge in [0.1, 0.15) is 5.82 Å². The average molecular weight is 424 g/mol. The molecule has 2 saturated heterocycles. The molecule has 0 spiro atoms. The van der Waals surface area contributed by atoms with Gasteiger partial charge in [-0.3, -0.25) is 0 Å². The van der Waals surface area contributed by atoms with E-state index in [1.807, 2.05) is 0 Å². The largest absolute Gasteiger partial charge is 0.417 e. The van der Waals surface area contributed by atoms with Crippen LogP contribution < -0.4 is 0 Å². The standard InChI is InChI=1S/C17H20F4N2O4S/c18-12-1-3-13(4-2-12)28(26,27)14-5-8-23(11-14)15(24)22-9-6-16(25,7-10-22)17(19,20)21/h1-4,14,25H,5-11H2. The second-order valence-electron chi connectivity index (χ2n) is 7.15. The van der Waals surface area contributed by atoms with E-state index in [-0.39, 0.29) is 37.5 Å².